The van der Waals surface area contributed by atoms with E-state index in [2.05, 4.69) is 18.5 Å². The molecule has 0 aliphatic heterocycles. The van der Waals surface area contributed by atoms with Gasteiger partial charge in [0, 0.05) is 18.3 Å². The van der Waals surface area contributed by atoms with Crippen LogP contribution < -0.4 is 5.32 Å². The van der Waals surface area contributed by atoms with Gasteiger partial charge in [0.25, 0.3) is 0 Å². The predicted octanol–water partition coefficient (Wildman–Crippen LogP) is 4.73. The molecule has 0 aromatic heterocycles. The van der Waals surface area contributed by atoms with E-state index >= 15 is 0 Å². The second kappa shape index (κ2) is 12.8. The fourth-order valence-corrected chi connectivity index (χ4v) is 1.74. The van der Waals surface area contributed by atoms with Crippen LogP contribution in [-0.2, 0) is 9.59 Å². The molecule has 0 rings (SSSR count). The van der Waals surface area contributed by atoms with E-state index in [9.17, 15) is 9.59 Å². The molecule has 0 saturated heterocycles. The summed E-state index contributed by atoms with van der Waals surface area (Å²) in [6, 6.07) is 0. The maximum atomic E-state index is 12.3. The van der Waals surface area contributed by atoms with E-state index in [-0.39, 0.29) is 17.1 Å². The summed E-state index contributed by atoms with van der Waals surface area (Å²) < 4.78 is 0. The Balaban J connectivity index is 4.96. The van der Waals surface area contributed by atoms with Crippen LogP contribution in [0, 0.1) is 0 Å². The Morgan fingerprint density at radius 3 is 2.25 bits per heavy atom. The molecule has 0 heterocycles. The first-order valence-electron chi connectivity index (χ1n) is 7.87. The van der Waals surface area contributed by atoms with Gasteiger partial charge >= 0.3 is 0 Å². The van der Waals surface area contributed by atoms with E-state index in [1.807, 2.05) is 50.3 Å². The number of carbonyl (C=O) groups excluding carboxylic acids is 2. The highest BCUT2D eigenvalue weighted by atomic mass is 16.1. The van der Waals surface area contributed by atoms with E-state index in [0.29, 0.717) is 18.5 Å². The fourth-order valence-electron chi connectivity index (χ4n) is 1.74. The molecule has 3 nitrogen and oxygen atoms in total. The van der Waals surface area contributed by atoms with Crippen molar-refractivity contribution in [3.8, 4) is 0 Å². The first-order valence-corrected chi connectivity index (χ1v) is 7.87. The normalized spacial score (nSPS) is 13.4. The van der Waals surface area contributed by atoms with Gasteiger partial charge in [-0.15, -0.1) is 0 Å². The molecule has 0 bridgehead atoms. The van der Waals surface area contributed by atoms with Gasteiger partial charge in [-0.3, -0.25) is 9.59 Å². The number of nitrogens with one attached hydrogen (secondary N) is 1. The van der Waals surface area contributed by atoms with Crippen LogP contribution in [0.3, 0.4) is 0 Å². The molecule has 0 saturated carbocycles. The third-order valence-corrected chi connectivity index (χ3v) is 3.13. The van der Waals surface area contributed by atoms with Crippen molar-refractivity contribution >= 4 is 11.6 Å². The third kappa shape index (κ3) is 9.36. The summed E-state index contributed by atoms with van der Waals surface area (Å²) >= 11 is 0. The number of Topliss-reactive ketones (excluding diaryl/α,β-unsaturated/α-hetero) is 2. The zero-order valence-electron chi connectivity index (χ0n) is 14.8. The van der Waals surface area contributed by atoms with E-state index < -0.39 is 0 Å². The lowest BCUT2D eigenvalue weighted by Gasteiger charge is -2.06. The van der Waals surface area contributed by atoms with E-state index in [0.717, 1.165) is 5.57 Å². The summed E-state index contributed by atoms with van der Waals surface area (Å²) in [6.45, 7) is 12.5. The highest BCUT2D eigenvalue weighted by Gasteiger charge is 2.14. The van der Waals surface area contributed by atoms with Crippen molar-refractivity contribution in [3.05, 3.63) is 84.8 Å². The Morgan fingerprint density at radius 1 is 1.00 bits per heavy atom. The van der Waals surface area contributed by atoms with Gasteiger partial charge < -0.3 is 5.32 Å². The first kappa shape index (κ1) is 21.3. The third-order valence-electron chi connectivity index (χ3n) is 3.13. The molecule has 128 valence electrons. The topological polar surface area (TPSA) is 46.2 Å². The summed E-state index contributed by atoms with van der Waals surface area (Å²) in [5, 5.41) is 2.95. The molecule has 0 aromatic rings. The molecule has 0 aromatic carbocycles. The van der Waals surface area contributed by atoms with Gasteiger partial charge in [0.1, 0.15) is 0 Å². The van der Waals surface area contributed by atoms with Crippen LogP contribution in [0.25, 0.3) is 0 Å². The van der Waals surface area contributed by atoms with Crippen molar-refractivity contribution in [2.45, 2.75) is 33.6 Å². The van der Waals surface area contributed by atoms with Crippen LogP contribution in [0.15, 0.2) is 84.8 Å². The second-order valence-corrected chi connectivity index (χ2v) is 5.17. The minimum Gasteiger partial charge on any atom is -0.361 e. The predicted molar refractivity (Wildman–Crippen MR) is 102 cm³/mol. The van der Waals surface area contributed by atoms with Crippen LogP contribution >= 0.6 is 0 Å². The molecule has 24 heavy (non-hydrogen) atoms. The zero-order valence-corrected chi connectivity index (χ0v) is 14.8. The molecular formula is C21H27NO2. The Labute approximate surface area is 145 Å². The quantitative estimate of drug-likeness (QED) is 0.258. The van der Waals surface area contributed by atoms with Gasteiger partial charge in [-0.25, -0.2) is 0 Å². The van der Waals surface area contributed by atoms with Gasteiger partial charge in [0.15, 0.2) is 11.6 Å². The summed E-state index contributed by atoms with van der Waals surface area (Å²) in [5.74, 6) is -0.431. The molecule has 0 spiro atoms. The maximum absolute atomic E-state index is 12.3. The van der Waals surface area contributed by atoms with Crippen molar-refractivity contribution in [3.63, 3.8) is 0 Å². The Kier molecular flexibility index (Phi) is 11.4. The molecule has 1 N–H and O–H groups in total. The standard InChI is InChI=1S/C21H27NO2/c1-6-9-11-12-17(4)14-15-21(24)20(18(5)23)16-22-19(8-3)13-10-7-2/h6-13,16,22H,1,3,14-15H2,2,4-5H3/b10-7-,11-9-,17-12+,19-13+,20-16-. The van der Waals surface area contributed by atoms with Crippen LogP contribution in [0.1, 0.15) is 33.6 Å². The lowest BCUT2D eigenvalue weighted by Crippen LogP contribution is -2.15. The van der Waals surface area contributed by atoms with Crippen LogP contribution in [0.5, 0.6) is 0 Å². The number of carbonyl (C=O) groups is 2. The SMILES string of the molecule is C=C/C=C\C=C(/C)CCC(=O)/C(=C\N/C(C=C)=C/C=C\C)C(C)=O. The smallest absolute Gasteiger partial charge is 0.168 e. The van der Waals surface area contributed by atoms with Gasteiger partial charge in [-0.05, 0) is 39.3 Å². The van der Waals surface area contributed by atoms with Crippen molar-refractivity contribution in [1.82, 2.24) is 5.32 Å². The lowest BCUT2D eigenvalue weighted by molar-refractivity contribution is -0.120. The molecule has 0 atom stereocenters. The highest BCUT2D eigenvalue weighted by Crippen LogP contribution is 2.10. The largest absolute Gasteiger partial charge is 0.361 e. The van der Waals surface area contributed by atoms with Crippen LogP contribution in [0.2, 0.25) is 0 Å². The Morgan fingerprint density at radius 2 is 1.71 bits per heavy atom. The second-order valence-electron chi connectivity index (χ2n) is 5.17. The summed E-state index contributed by atoms with van der Waals surface area (Å²) in [7, 11) is 0. The van der Waals surface area contributed by atoms with E-state index in [1.54, 1.807) is 12.2 Å². The summed E-state index contributed by atoms with van der Waals surface area (Å²) in [6.07, 6.45) is 16.8. The summed E-state index contributed by atoms with van der Waals surface area (Å²) in [5.41, 5.74) is 1.94. The molecule has 0 amide bonds. The molecule has 0 aliphatic rings. The van der Waals surface area contributed by atoms with Crippen molar-refractivity contribution in [1.29, 1.82) is 0 Å². The van der Waals surface area contributed by atoms with Gasteiger partial charge in [0.05, 0.1) is 5.57 Å². The monoisotopic (exact) mass is 325 g/mol. The fraction of sp³-hybridized carbons (Fsp3) is 0.238. The Bertz CT molecular complexity index is 614. The average Bonchev–Trinajstić information content (AvgIpc) is 2.55. The van der Waals surface area contributed by atoms with E-state index in [4.69, 9.17) is 0 Å². The number of hydrogen-bond donors (Lipinski definition) is 1. The maximum Gasteiger partial charge on any atom is 0.168 e. The van der Waals surface area contributed by atoms with Crippen molar-refractivity contribution in [2.24, 2.45) is 0 Å². The lowest BCUT2D eigenvalue weighted by atomic mass is 10.0. The van der Waals surface area contributed by atoms with Gasteiger partial charge in [-0.2, -0.15) is 0 Å². The van der Waals surface area contributed by atoms with Crippen molar-refractivity contribution < 1.29 is 9.59 Å². The molecule has 0 unspecified atom stereocenters. The molecule has 0 aliphatic carbocycles. The molecule has 0 radical (unpaired) electrons. The molecule has 0 fully saturated rings. The number of rotatable bonds is 11. The number of hydrogen-bond acceptors (Lipinski definition) is 3. The van der Waals surface area contributed by atoms with Gasteiger partial charge in [-0.1, -0.05) is 55.2 Å². The van der Waals surface area contributed by atoms with Crippen LogP contribution in [0.4, 0.5) is 0 Å². The Hall–Kier alpha value is -2.68. The first-order chi connectivity index (χ1) is 11.5. The average molecular weight is 325 g/mol. The minimum absolute atomic E-state index is 0.165. The van der Waals surface area contributed by atoms with Gasteiger partial charge in [0.2, 0.25) is 0 Å². The summed E-state index contributed by atoms with van der Waals surface area (Å²) in [4.78, 5) is 24.0. The van der Waals surface area contributed by atoms with E-state index in [1.165, 1.54) is 13.1 Å². The highest BCUT2D eigenvalue weighted by molar-refractivity contribution is 6.19. The number of allylic oxidation sites excluding steroid dienone is 10. The molecule has 3 heteroatoms. The van der Waals surface area contributed by atoms with Crippen molar-refractivity contribution in [2.75, 3.05) is 0 Å². The zero-order chi connectivity index (χ0) is 18.4. The van der Waals surface area contributed by atoms with Crippen LogP contribution in [-0.4, -0.2) is 11.6 Å². The minimum atomic E-state index is -0.255. The molecular weight excluding hydrogens is 298 g/mol. The number of ketones is 2.